The van der Waals surface area contributed by atoms with Gasteiger partial charge in [-0.25, -0.2) is 0 Å². The molecule has 0 fully saturated rings. The number of hydrogen-bond acceptors (Lipinski definition) is 6. The molecule has 2 aliphatic rings. The van der Waals surface area contributed by atoms with Gasteiger partial charge in [-0.15, -0.1) is 0 Å². The molecule has 0 saturated heterocycles. The maximum absolute atomic E-state index is 13.0. The van der Waals surface area contributed by atoms with Crippen molar-refractivity contribution in [3.8, 4) is 11.8 Å². The number of amides is 1. The number of ketones is 1. The van der Waals surface area contributed by atoms with E-state index in [4.69, 9.17) is 4.74 Å². The van der Waals surface area contributed by atoms with Crippen molar-refractivity contribution in [2.75, 3.05) is 17.7 Å². The van der Waals surface area contributed by atoms with Gasteiger partial charge in [-0.2, -0.15) is 5.26 Å². The Morgan fingerprint density at radius 3 is 2.74 bits per heavy atom. The number of hydrogen-bond donors (Lipinski definition) is 2. The average Bonchev–Trinajstić information content (AvgIpc) is 2.84. The molecule has 2 aromatic carbocycles. The second-order valence-electron chi connectivity index (χ2n) is 8.20. The Labute approximate surface area is 204 Å². The van der Waals surface area contributed by atoms with Gasteiger partial charge in [-0.1, -0.05) is 48.2 Å². The van der Waals surface area contributed by atoms with E-state index in [0.29, 0.717) is 35.0 Å². The molecule has 0 unspecified atom stereocenters. The maximum atomic E-state index is 13.0. The molecule has 7 heteroatoms. The number of dihydropyridines is 1. The summed E-state index contributed by atoms with van der Waals surface area (Å²) in [7, 11) is 0. The van der Waals surface area contributed by atoms with Crippen molar-refractivity contribution in [3.63, 3.8) is 0 Å². The van der Waals surface area contributed by atoms with Crippen LogP contribution in [0.1, 0.15) is 43.2 Å². The van der Waals surface area contributed by atoms with Crippen LogP contribution in [0.3, 0.4) is 0 Å². The van der Waals surface area contributed by atoms with E-state index in [-0.39, 0.29) is 17.4 Å². The molecule has 1 aliphatic carbocycles. The largest absolute Gasteiger partial charge is 0.494 e. The van der Waals surface area contributed by atoms with Gasteiger partial charge in [0.15, 0.2) is 5.78 Å². The minimum absolute atomic E-state index is 0.0548. The Hall–Kier alpha value is -3.50. The zero-order valence-electron chi connectivity index (χ0n) is 19.3. The van der Waals surface area contributed by atoms with Crippen LogP contribution in [0.2, 0.25) is 0 Å². The minimum Gasteiger partial charge on any atom is -0.494 e. The monoisotopic (exact) mass is 473 g/mol. The maximum Gasteiger partial charge on any atom is 0.234 e. The van der Waals surface area contributed by atoms with Crippen LogP contribution in [-0.4, -0.2) is 24.1 Å². The van der Waals surface area contributed by atoms with E-state index in [0.717, 1.165) is 35.4 Å². The molecule has 4 rings (SSSR count). The Balaban J connectivity index is 1.66. The molecular formula is C27H27N3O3S. The summed E-state index contributed by atoms with van der Waals surface area (Å²) in [5.74, 6) is 0.184. The number of benzene rings is 2. The summed E-state index contributed by atoms with van der Waals surface area (Å²) in [6.07, 6.45) is 1.96. The first-order valence-corrected chi connectivity index (χ1v) is 12.4. The SMILES string of the molecule is CCOc1ccccc1[C@@H]1C(C#N)=C(SCC(=O)Nc2ccccc2C)NC2=C1C(=O)CCC2. The Kier molecular flexibility index (Phi) is 7.39. The highest BCUT2D eigenvalue weighted by Gasteiger charge is 2.38. The standard InChI is InChI=1S/C27H27N3O3S/c1-3-33-23-14-7-5-10-18(23)25-19(15-28)27(30-21-12-8-13-22(31)26(21)25)34-16-24(32)29-20-11-6-4-9-17(20)2/h4-7,9-11,14,25,30H,3,8,12-13,16H2,1-2H3,(H,29,32)/t25-/m1/s1. The molecule has 1 atom stereocenters. The van der Waals surface area contributed by atoms with E-state index in [9.17, 15) is 14.9 Å². The van der Waals surface area contributed by atoms with Crippen molar-refractivity contribution in [3.05, 3.63) is 81.5 Å². The lowest BCUT2D eigenvalue weighted by molar-refractivity contribution is -0.116. The molecule has 1 heterocycles. The van der Waals surface area contributed by atoms with Gasteiger partial charge in [0.2, 0.25) is 5.91 Å². The number of nitrogens with zero attached hydrogens (tertiary/aromatic N) is 1. The van der Waals surface area contributed by atoms with Crippen molar-refractivity contribution in [1.82, 2.24) is 5.32 Å². The predicted octanol–water partition coefficient (Wildman–Crippen LogP) is 5.19. The molecule has 34 heavy (non-hydrogen) atoms. The number of carbonyl (C=O) groups is 2. The number of nitriles is 1. The van der Waals surface area contributed by atoms with Gasteiger partial charge in [0.25, 0.3) is 0 Å². The van der Waals surface area contributed by atoms with Crippen LogP contribution < -0.4 is 15.4 Å². The van der Waals surface area contributed by atoms with Crippen LogP contribution in [0.25, 0.3) is 0 Å². The number of para-hydroxylation sites is 2. The fourth-order valence-electron chi connectivity index (χ4n) is 4.39. The van der Waals surface area contributed by atoms with E-state index >= 15 is 0 Å². The number of carbonyl (C=O) groups excluding carboxylic acids is 2. The third-order valence-electron chi connectivity index (χ3n) is 5.96. The molecule has 174 valence electrons. The third kappa shape index (κ3) is 4.87. The number of ether oxygens (including phenoxy) is 1. The molecule has 2 N–H and O–H groups in total. The van der Waals surface area contributed by atoms with E-state index in [2.05, 4.69) is 16.7 Å². The smallest absolute Gasteiger partial charge is 0.234 e. The lowest BCUT2D eigenvalue weighted by Crippen LogP contribution is -2.32. The van der Waals surface area contributed by atoms with E-state index < -0.39 is 5.92 Å². The van der Waals surface area contributed by atoms with Crippen LogP contribution in [0, 0.1) is 18.3 Å². The molecular weight excluding hydrogens is 446 g/mol. The number of Topliss-reactive ketones (excluding diaryl/α,β-unsaturated/α-hetero) is 1. The summed E-state index contributed by atoms with van der Waals surface area (Å²) in [4.78, 5) is 25.7. The summed E-state index contributed by atoms with van der Waals surface area (Å²) >= 11 is 1.29. The van der Waals surface area contributed by atoms with Crippen LogP contribution >= 0.6 is 11.8 Å². The minimum atomic E-state index is -0.515. The fourth-order valence-corrected chi connectivity index (χ4v) is 5.25. The lowest BCUT2D eigenvalue weighted by atomic mass is 9.76. The number of rotatable bonds is 7. The van der Waals surface area contributed by atoms with Gasteiger partial charge in [0.05, 0.1) is 34.9 Å². The summed E-state index contributed by atoms with van der Waals surface area (Å²) in [5.41, 5.74) is 4.47. The molecule has 0 saturated carbocycles. The second-order valence-corrected chi connectivity index (χ2v) is 9.19. The normalized spacial score (nSPS) is 17.6. The van der Waals surface area contributed by atoms with E-state index in [1.165, 1.54) is 11.8 Å². The highest BCUT2D eigenvalue weighted by atomic mass is 32.2. The van der Waals surface area contributed by atoms with Gasteiger partial charge in [-0.3, -0.25) is 9.59 Å². The molecule has 0 spiro atoms. The molecule has 1 amide bonds. The van der Waals surface area contributed by atoms with Crippen molar-refractivity contribution in [2.45, 2.75) is 39.0 Å². The molecule has 0 bridgehead atoms. The van der Waals surface area contributed by atoms with Gasteiger partial charge in [0.1, 0.15) is 5.75 Å². The highest BCUT2D eigenvalue weighted by molar-refractivity contribution is 8.03. The number of thioether (sulfide) groups is 1. The van der Waals surface area contributed by atoms with Crippen molar-refractivity contribution in [1.29, 1.82) is 5.26 Å². The quantitative estimate of drug-likeness (QED) is 0.575. The summed E-state index contributed by atoms with van der Waals surface area (Å²) in [6, 6.07) is 17.5. The van der Waals surface area contributed by atoms with E-state index in [1.54, 1.807) is 0 Å². The molecule has 6 nitrogen and oxygen atoms in total. The first-order chi connectivity index (χ1) is 16.5. The van der Waals surface area contributed by atoms with Crippen molar-refractivity contribution < 1.29 is 14.3 Å². The van der Waals surface area contributed by atoms with Crippen molar-refractivity contribution >= 4 is 29.1 Å². The topological polar surface area (TPSA) is 91.2 Å². The zero-order valence-corrected chi connectivity index (χ0v) is 20.1. The van der Waals surface area contributed by atoms with Crippen LogP contribution in [-0.2, 0) is 9.59 Å². The van der Waals surface area contributed by atoms with Crippen LogP contribution in [0.4, 0.5) is 5.69 Å². The van der Waals surface area contributed by atoms with Gasteiger partial charge >= 0.3 is 0 Å². The Morgan fingerprint density at radius 2 is 1.97 bits per heavy atom. The number of aryl methyl sites for hydroxylation is 1. The molecule has 2 aromatic rings. The lowest BCUT2D eigenvalue weighted by Gasteiger charge is -2.33. The first-order valence-electron chi connectivity index (χ1n) is 11.4. The summed E-state index contributed by atoms with van der Waals surface area (Å²) < 4.78 is 5.85. The first kappa shape index (κ1) is 23.7. The molecule has 0 aromatic heterocycles. The number of nitrogens with one attached hydrogen (secondary N) is 2. The number of allylic oxidation sites excluding steroid dienone is 3. The predicted molar refractivity (Wildman–Crippen MR) is 134 cm³/mol. The summed E-state index contributed by atoms with van der Waals surface area (Å²) in [6.45, 7) is 4.33. The zero-order chi connectivity index (χ0) is 24.1. The average molecular weight is 474 g/mol. The van der Waals surface area contributed by atoms with Gasteiger partial charge in [0, 0.05) is 28.9 Å². The summed E-state index contributed by atoms with van der Waals surface area (Å²) in [5, 5.41) is 17.1. The third-order valence-corrected chi connectivity index (χ3v) is 6.98. The molecule has 1 aliphatic heterocycles. The Bertz CT molecular complexity index is 1230. The van der Waals surface area contributed by atoms with Crippen molar-refractivity contribution in [2.24, 2.45) is 0 Å². The second kappa shape index (κ2) is 10.6. The van der Waals surface area contributed by atoms with E-state index in [1.807, 2.05) is 62.4 Å². The number of anilines is 1. The Morgan fingerprint density at radius 1 is 1.21 bits per heavy atom. The highest BCUT2D eigenvalue weighted by Crippen LogP contribution is 2.46. The van der Waals surface area contributed by atoms with Gasteiger partial charge < -0.3 is 15.4 Å². The molecule has 0 radical (unpaired) electrons. The fraction of sp³-hybridized carbons (Fsp3) is 0.296. The van der Waals surface area contributed by atoms with Crippen LogP contribution in [0.5, 0.6) is 5.75 Å². The van der Waals surface area contributed by atoms with Crippen LogP contribution in [0.15, 0.2) is 70.4 Å². The van der Waals surface area contributed by atoms with Gasteiger partial charge in [-0.05, 0) is 44.4 Å².